The normalized spacial score (nSPS) is 18.7. The molecule has 6 nitrogen and oxygen atoms in total. The van der Waals surface area contributed by atoms with Crippen molar-refractivity contribution >= 4 is 5.91 Å². The van der Waals surface area contributed by atoms with Crippen molar-refractivity contribution in [3.8, 4) is 0 Å². The van der Waals surface area contributed by atoms with E-state index in [1.807, 2.05) is 41.9 Å². The summed E-state index contributed by atoms with van der Waals surface area (Å²) in [5, 5.41) is 7.58. The molecule has 29 heavy (non-hydrogen) atoms. The van der Waals surface area contributed by atoms with Crippen molar-refractivity contribution in [1.82, 2.24) is 25.9 Å². The maximum Gasteiger partial charge on any atom is 0.238 e. The molecule has 0 radical (unpaired) electrons. The van der Waals surface area contributed by atoms with Gasteiger partial charge in [0.15, 0.2) is 0 Å². The van der Waals surface area contributed by atoms with Gasteiger partial charge in [0.2, 0.25) is 5.91 Å². The van der Waals surface area contributed by atoms with Crippen molar-refractivity contribution in [1.29, 1.82) is 0 Å². The molecule has 2 heterocycles. The Labute approximate surface area is 171 Å². The van der Waals surface area contributed by atoms with Crippen LogP contribution >= 0.6 is 0 Å². The molecule has 1 aliphatic heterocycles. The molecular weight excluding hydrogens is 362 g/mol. The molecule has 0 aliphatic carbocycles. The van der Waals surface area contributed by atoms with Crippen LogP contribution < -0.4 is 16.2 Å². The Morgan fingerprint density at radius 3 is 2.62 bits per heavy atom. The summed E-state index contributed by atoms with van der Waals surface area (Å²) in [7, 11) is 0. The van der Waals surface area contributed by atoms with Crippen LogP contribution in [-0.4, -0.2) is 21.7 Å². The van der Waals surface area contributed by atoms with Gasteiger partial charge >= 0.3 is 0 Å². The molecule has 0 bridgehead atoms. The maximum absolute atomic E-state index is 12.6. The first-order valence-electron chi connectivity index (χ1n) is 10.0. The Hall–Kier alpha value is -2.96. The lowest BCUT2D eigenvalue weighted by Gasteiger charge is -2.12. The molecule has 6 heteroatoms. The highest BCUT2D eigenvalue weighted by Gasteiger charge is 2.29. The molecular formula is C23H27N5O. The van der Waals surface area contributed by atoms with Crippen LogP contribution in [0.1, 0.15) is 40.5 Å². The zero-order valence-corrected chi connectivity index (χ0v) is 16.9. The fraction of sp³-hybridized carbons (Fsp3) is 0.304. The van der Waals surface area contributed by atoms with E-state index in [1.165, 1.54) is 11.1 Å². The lowest BCUT2D eigenvalue weighted by molar-refractivity contribution is -0.123. The van der Waals surface area contributed by atoms with Gasteiger partial charge in [-0.1, -0.05) is 54.6 Å². The number of amides is 1. The van der Waals surface area contributed by atoms with Gasteiger partial charge in [-0.2, -0.15) is 5.10 Å². The molecule has 2 unspecified atom stereocenters. The second-order valence-electron chi connectivity index (χ2n) is 7.66. The van der Waals surface area contributed by atoms with E-state index >= 15 is 0 Å². The quantitative estimate of drug-likeness (QED) is 0.606. The van der Waals surface area contributed by atoms with Crippen LogP contribution in [0.5, 0.6) is 0 Å². The van der Waals surface area contributed by atoms with Gasteiger partial charge in [-0.3, -0.25) is 9.48 Å². The van der Waals surface area contributed by atoms with Crippen LogP contribution in [0.15, 0.2) is 60.7 Å². The molecule has 3 N–H and O–H groups in total. The van der Waals surface area contributed by atoms with Gasteiger partial charge in [0, 0.05) is 18.3 Å². The molecule has 4 rings (SSSR count). The number of hydrogen-bond donors (Lipinski definition) is 3. The van der Waals surface area contributed by atoms with E-state index in [1.54, 1.807) is 0 Å². The van der Waals surface area contributed by atoms with E-state index in [9.17, 15) is 4.79 Å². The monoisotopic (exact) mass is 389 g/mol. The molecule has 1 fully saturated rings. The van der Waals surface area contributed by atoms with E-state index in [0.717, 1.165) is 29.9 Å². The van der Waals surface area contributed by atoms with Gasteiger partial charge in [0.1, 0.15) is 6.04 Å². The van der Waals surface area contributed by atoms with Crippen molar-refractivity contribution in [2.45, 2.75) is 45.4 Å². The first kappa shape index (κ1) is 19.4. The summed E-state index contributed by atoms with van der Waals surface area (Å²) in [6.45, 7) is 5.31. The average Bonchev–Trinajstić information content (AvgIpc) is 3.34. The Morgan fingerprint density at radius 1 is 1.07 bits per heavy atom. The van der Waals surface area contributed by atoms with Gasteiger partial charge in [0.05, 0.1) is 12.2 Å². The van der Waals surface area contributed by atoms with E-state index < -0.39 is 0 Å². The number of aromatic nitrogens is 2. The Bertz CT molecular complexity index is 982. The first-order chi connectivity index (χ1) is 14.1. The van der Waals surface area contributed by atoms with Crippen molar-refractivity contribution < 1.29 is 4.79 Å². The minimum Gasteiger partial charge on any atom is -0.351 e. The largest absolute Gasteiger partial charge is 0.351 e. The maximum atomic E-state index is 12.6. The standard InChI is InChI=1S/C23H27N5O/c1-16-11-17(2)28(27-16)15-19-8-6-7-18(12-19)14-24-23(29)22-13-21(25-26-22)20-9-4-3-5-10-20/h3-12,21-22,25-26H,13-15H2,1-2H3,(H,24,29). The first-order valence-corrected chi connectivity index (χ1v) is 10.0. The summed E-state index contributed by atoms with van der Waals surface area (Å²) < 4.78 is 2.00. The topological polar surface area (TPSA) is 71.0 Å². The summed E-state index contributed by atoms with van der Waals surface area (Å²) in [4.78, 5) is 12.6. The summed E-state index contributed by atoms with van der Waals surface area (Å²) in [5.41, 5.74) is 12.0. The van der Waals surface area contributed by atoms with Crippen LogP contribution in [0.2, 0.25) is 0 Å². The summed E-state index contributed by atoms with van der Waals surface area (Å²) in [6.07, 6.45) is 0.730. The number of aryl methyl sites for hydroxylation is 2. The van der Waals surface area contributed by atoms with Gasteiger partial charge in [-0.15, -0.1) is 0 Å². The third kappa shape index (κ3) is 4.72. The number of carbonyl (C=O) groups excluding carboxylic acids is 1. The fourth-order valence-electron chi connectivity index (χ4n) is 3.79. The zero-order chi connectivity index (χ0) is 20.2. The predicted octanol–water partition coefficient (Wildman–Crippen LogP) is 2.77. The Morgan fingerprint density at radius 2 is 1.86 bits per heavy atom. The summed E-state index contributed by atoms with van der Waals surface area (Å²) >= 11 is 0. The summed E-state index contributed by atoms with van der Waals surface area (Å²) in [5.74, 6) is 0.0138. The zero-order valence-electron chi connectivity index (χ0n) is 16.9. The van der Waals surface area contributed by atoms with E-state index in [2.05, 4.69) is 58.5 Å². The SMILES string of the molecule is Cc1cc(C)n(Cc2cccc(CNC(=O)C3CC(c4ccccc4)NN3)c2)n1. The van der Waals surface area contributed by atoms with Crippen LogP contribution in [0, 0.1) is 13.8 Å². The number of nitrogens with one attached hydrogen (secondary N) is 3. The van der Waals surface area contributed by atoms with Crippen molar-refractivity contribution in [2.75, 3.05) is 0 Å². The van der Waals surface area contributed by atoms with Crippen molar-refractivity contribution in [3.05, 3.63) is 88.7 Å². The molecule has 3 aromatic rings. The third-order valence-electron chi connectivity index (χ3n) is 5.32. The lowest BCUT2D eigenvalue weighted by atomic mass is 10.0. The minimum atomic E-state index is -0.238. The van der Waals surface area contributed by atoms with Crippen LogP contribution in [0.25, 0.3) is 0 Å². The van der Waals surface area contributed by atoms with E-state index in [-0.39, 0.29) is 18.0 Å². The molecule has 0 spiro atoms. The molecule has 150 valence electrons. The number of hydrogen-bond acceptors (Lipinski definition) is 4. The Balaban J connectivity index is 1.32. The summed E-state index contributed by atoms with van der Waals surface area (Å²) in [6, 6.07) is 20.5. The Kier molecular flexibility index (Phi) is 5.74. The number of benzene rings is 2. The molecule has 1 amide bonds. The van der Waals surface area contributed by atoms with Crippen LogP contribution in [0.3, 0.4) is 0 Å². The van der Waals surface area contributed by atoms with Gasteiger partial charge in [0.25, 0.3) is 0 Å². The van der Waals surface area contributed by atoms with Crippen LogP contribution in [-0.2, 0) is 17.9 Å². The average molecular weight is 390 g/mol. The fourth-order valence-corrected chi connectivity index (χ4v) is 3.79. The number of carbonyl (C=O) groups is 1. The smallest absolute Gasteiger partial charge is 0.238 e. The second-order valence-corrected chi connectivity index (χ2v) is 7.66. The number of hydrazine groups is 1. The number of rotatable bonds is 6. The van der Waals surface area contributed by atoms with Crippen molar-refractivity contribution in [2.24, 2.45) is 0 Å². The molecule has 2 atom stereocenters. The van der Waals surface area contributed by atoms with Gasteiger partial charge in [-0.05, 0) is 43.0 Å². The van der Waals surface area contributed by atoms with E-state index in [4.69, 9.17) is 0 Å². The van der Waals surface area contributed by atoms with E-state index in [0.29, 0.717) is 6.54 Å². The molecule has 1 saturated heterocycles. The van der Waals surface area contributed by atoms with Crippen LogP contribution in [0.4, 0.5) is 0 Å². The number of nitrogens with zero attached hydrogens (tertiary/aromatic N) is 2. The van der Waals surface area contributed by atoms with Gasteiger partial charge in [-0.25, -0.2) is 10.9 Å². The highest BCUT2D eigenvalue weighted by molar-refractivity contribution is 5.82. The lowest BCUT2D eigenvalue weighted by Crippen LogP contribution is -2.42. The molecule has 1 aliphatic rings. The van der Waals surface area contributed by atoms with Gasteiger partial charge < -0.3 is 5.32 Å². The second kappa shape index (κ2) is 8.59. The molecule has 0 saturated carbocycles. The minimum absolute atomic E-state index is 0.0138. The highest BCUT2D eigenvalue weighted by Crippen LogP contribution is 2.21. The third-order valence-corrected chi connectivity index (χ3v) is 5.32. The molecule has 2 aromatic carbocycles. The highest BCUT2D eigenvalue weighted by atomic mass is 16.2. The molecule has 1 aromatic heterocycles. The predicted molar refractivity (Wildman–Crippen MR) is 113 cm³/mol. The van der Waals surface area contributed by atoms with Crippen molar-refractivity contribution in [3.63, 3.8) is 0 Å².